The van der Waals surface area contributed by atoms with Crippen LogP contribution < -0.4 is 0 Å². The highest BCUT2D eigenvalue weighted by Gasteiger charge is 2.32. The predicted molar refractivity (Wildman–Crippen MR) is 78.7 cm³/mol. The van der Waals surface area contributed by atoms with Gasteiger partial charge in [-0.05, 0) is 49.1 Å². The molecule has 0 aromatic carbocycles. The average molecular weight is 270 g/mol. The van der Waals surface area contributed by atoms with Gasteiger partial charge in [0.1, 0.15) is 0 Å². The number of rotatable bonds is 3. The minimum atomic E-state index is -0.330. The highest BCUT2D eigenvalue weighted by molar-refractivity contribution is 5.50. The van der Waals surface area contributed by atoms with Crippen molar-refractivity contribution in [2.24, 2.45) is 5.92 Å². The number of hydrogen-bond donors (Lipinski definition) is 1. The second-order valence-electron chi connectivity index (χ2n) is 6.48. The molecule has 0 unspecified atom stereocenters. The summed E-state index contributed by atoms with van der Waals surface area (Å²) in [7, 11) is 0. The Morgan fingerprint density at radius 3 is 2.65 bits per heavy atom. The average Bonchev–Trinajstić information content (AvgIpc) is 3.23. The zero-order valence-electron chi connectivity index (χ0n) is 11.8. The van der Waals surface area contributed by atoms with Gasteiger partial charge in [0.05, 0.1) is 29.8 Å². The van der Waals surface area contributed by atoms with E-state index in [-0.39, 0.29) is 6.10 Å². The number of aliphatic hydroxyl groups excluding tert-OH is 1. The molecule has 2 fully saturated rings. The van der Waals surface area contributed by atoms with Crippen molar-refractivity contribution in [1.82, 2.24) is 9.38 Å². The fourth-order valence-electron chi connectivity index (χ4n) is 3.76. The summed E-state index contributed by atoms with van der Waals surface area (Å²) in [4.78, 5) is 4.26. The Morgan fingerprint density at radius 1 is 1.10 bits per heavy atom. The topological polar surface area (TPSA) is 37.5 Å². The molecule has 3 heteroatoms. The van der Waals surface area contributed by atoms with Crippen LogP contribution in [0.5, 0.6) is 0 Å². The van der Waals surface area contributed by atoms with Gasteiger partial charge in [0.25, 0.3) is 0 Å². The molecule has 0 amide bonds. The number of nitrogens with zero attached hydrogens (tertiary/aromatic N) is 2. The predicted octanol–water partition coefficient (Wildman–Crippen LogP) is 3.83. The molecule has 0 spiro atoms. The van der Waals surface area contributed by atoms with Crippen molar-refractivity contribution in [3.8, 4) is 0 Å². The molecule has 106 valence electrons. The highest BCUT2D eigenvalue weighted by atomic mass is 16.3. The molecule has 2 aromatic rings. The Bertz CT molecular complexity index is 608. The SMILES string of the molecule is O[C@H](c1c(C2CC2)ccc2cncn12)C1CCCCC1. The molecule has 2 aliphatic rings. The zero-order chi connectivity index (χ0) is 13.5. The van der Waals surface area contributed by atoms with Crippen LogP contribution in [0.25, 0.3) is 5.52 Å². The maximum absolute atomic E-state index is 11.0. The molecule has 2 aliphatic carbocycles. The monoisotopic (exact) mass is 270 g/mol. The van der Waals surface area contributed by atoms with Crippen molar-refractivity contribution < 1.29 is 5.11 Å². The van der Waals surface area contributed by atoms with Crippen molar-refractivity contribution in [3.63, 3.8) is 0 Å². The molecule has 4 rings (SSSR count). The van der Waals surface area contributed by atoms with Crippen molar-refractivity contribution >= 4 is 5.52 Å². The second-order valence-corrected chi connectivity index (χ2v) is 6.48. The summed E-state index contributed by atoms with van der Waals surface area (Å²) in [6.07, 6.45) is 12.1. The summed E-state index contributed by atoms with van der Waals surface area (Å²) >= 11 is 0. The van der Waals surface area contributed by atoms with Crippen LogP contribution in [0.4, 0.5) is 0 Å². The number of aliphatic hydroxyl groups is 1. The van der Waals surface area contributed by atoms with Crippen LogP contribution in [-0.4, -0.2) is 14.5 Å². The maximum atomic E-state index is 11.0. The number of aromatic nitrogens is 2. The largest absolute Gasteiger partial charge is 0.387 e. The molecule has 2 saturated carbocycles. The van der Waals surface area contributed by atoms with Crippen LogP contribution in [0.2, 0.25) is 0 Å². The van der Waals surface area contributed by atoms with Crippen molar-refractivity contribution in [2.45, 2.75) is 57.0 Å². The zero-order valence-corrected chi connectivity index (χ0v) is 11.8. The van der Waals surface area contributed by atoms with Crippen LogP contribution in [0.15, 0.2) is 24.7 Å². The fraction of sp³-hybridized carbons (Fsp3) is 0.588. The Kier molecular flexibility index (Phi) is 3.03. The Labute approximate surface area is 119 Å². The van der Waals surface area contributed by atoms with Crippen molar-refractivity contribution in [1.29, 1.82) is 0 Å². The highest BCUT2D eigenvalue weighted by Crippen LogP contribution is 2.45. The Balaban J connectivity index is 1.79. The Morgan fingerprint density at radius 2 is 1.90 bits per heavy atom. The third kappa shape index (κ3) is 2.05. The van der Waals surface area contributed by atoms with E-state index in [0.717, 1.165) is 24.1 Å². The lowest BCUT2D eigenvalue weighted by atomic mass is 9.82. The first-order chi connectivity index (χ1) is 9.84. The summed E-state index contributed by atoms with van der Waals surface area (Å²) in [6.45, 7) is 0. The van der Waals surface area contributed by atoms with Gasteiger partial charge in [-0.15, -0.1) is 0 Å². The molecule has 0 saturated heterocycles. The molecule has 0 radical (unpaired) electrons. The van der Waals surface area contributed by atoms with E-state index in [0.29, 0.717) is 11.8 Å². The smallest absolute Gasteiger partial charge is 0.0995 e. The van der Waals surface area contributed by atoms with Gasteiger partial charge in [-0.3, -0.25) is 0 Å². The lowest BCUT2D eigenvalue weighted by molar-refractivity contribution is 0.0793. The van der Waals surface area contributed by atoms with Crippen LogP contribution in [0.3, 0.4) is 0 Å². The Hall–Kier alpha value is -1.35. The molecule has 20 heavy (non-hydrogen) atoms. The number of fused-ring (bicyclic) bond motifs is 1. The van der Waals surface area contributed by atoms with Crippen LogP contribution in [-0.2, 0) is 0 Å². The third-order valence-corrected chi connectivity index (χ3v) is 5.05. The van der Waals surface area contributed by atoms with E-state index in [9.17, 15) is 5.11 Å². The number of imidazole rings is 1. The summed E-state index contributed by atoms with van der Waals surface area (Å²) in [5, 5.41) is 11.0. The normalized spacial score (nSPS) is 22.2. The van der Waals surface area contributed by atoms with E-state index in [1.165, 1.54) is 37.7 Å². The van der Waals surface area contributed by atoms with Gasteiger partial charge < -0.3 is 9.51 Å². The summed E-state index contributed by atoms with van der Waals surface area (Å²) in [6, 6.07) is 4.35. The van der Waals surface area contributed by atoms with E-state index in [4.69, 9.17) is 0 Å². The lowest BCUT2D eigenvalue weighted by Gasteiger charge is -2.28. The van der Waals surface area contributed by atoms with Crippen molar-refractivity contribution in [3.05, 3.63) is 35.9 Å². The van der Waals surface area contributed by atoms with E-state index in [2.05, 4.69) is 21.5 Å². The van der Waals surface area contributed by atoms with E-state index < -0.39 is 0 Å². The van der Waals surface area contributed by atoms with E-state index >= 15 is 0 Å². The third-order valence-electron chi connectivity index (χ3n) is 5.05. The molecule has 2 heterocycles. The number of pyridine rings is 1. The van der Waals surface area contributed by atoms with Crippen LogP contribution in [0.1, 0.15) is 68.2 Å². The molecular weight excluding hydrogens is 248 g/mol. The first-order valence-corrected chi connectivity index (χ1v) is 7.97. The van der Waals surface area contributed by atoms with Crippen LogP contribution >= 0.6 is 0 Å². The van der Waals surface area contributed by atoms with Gasteiger partial charge >= 0.3 is 0 Å². The molecule has 3 nitrogen and oxygen atoms in total. The van der Waals surface area contributed by atoms with Gasteiger partial charge in [0.15, 0.2) is 0 Å². The van der Waals surface area contributed by atoms with Gasteiger partial charge in [0, 0.05) is 0 Å². The maximum Gasteiger partial charge on any atom is 0.0995 e. The molecule has 0 aliphatic heterocycles. The number of hydrogen-bond acceptors (Lipinski definition) is 2. The minimum absolute atomic E-state index is 0.330. The molecule has 2 aromatic heterocycles. The van der Waals surface area contributed by atoms with Gasteiger partial charge in [0.2, 0.25) is 0 Å². The van der Waals surface area contributed by atoms with Gasteiger partial charge in [-0.1, -0.05) is 25.3 Å². The van der Waals surface area contributed by atoms with Gasteiger partial charge in [-0.2, -0.15) is 0 Å². The minimum Gasteiger partial charge on any atom is -0.387 e. The van der Waals surface area contributed by atoms with E-state index in [1.54, 1.807) is 0 Å². The molecule has 0 bridgehead atoms. The van der Waals surface area contributed by atoms with Crippen LogP contribution in [0, 0.1) is 5.92 Å². The standard InChI is InChI=1S/C17H22N2O/c20-17(13-4-2-1-3-5-13)16-15(12-6-7-12)9-8-14-10-18-11-19(14)16/h8-13,17,20H,1-7H2/t17-/m0/s1. The second kappa shape index (κ2) is 4.88. The van der Waals surface area contributed by atoms with Crippen molar-refractivity contribution in [2.75, 3.05) is 0 Å². The summed E-state index contributed by atoms with van der Waals surface area (Å²) in [5.41, 5.74) is 3.57. The first-order valence-electron chi connectivity index (χ1n) is 7.97. The lowest BCUT2D eigenvalue weighted by Crippen LogP contribution is -2.19. The van der Waals surface area contributed by atoms with Gasteiger partial charge in [-0.25, -0.2) is 4.98 Å². The quantitative estimate of drug-likeness (QED) is 0.920. The fourth-order valence-corrected chi connectivity index (χ4v) is 3.76. The summed E-state index contributed by atoms with van der Waals surface area (Å²) in [5.74, 6) is 1.09. The van der Waals surface area contributed by atoms with E-state index in [1.807, 2.05) is 12.5 Å². The molecule has 1 atom stereocenters. The molecule has 1 N–H and O–H groups in total. The summed E-state index contributed by atoms with van der Waals surface area (Å²) < 4.78 is 2.12. The molecular formula is C17H22N2O. The first kappa shape index (κ1) is 12.4.